The summed E-state index contributed by atoms with van der Waals surface area (Å²) in [6.07, 6.45) is 1.84. The van der Waals surface area contributed by atoms with Gasteiger partial charge in [-0.25, -0.2) is 18.0 Å². The lowest BCUT2D eigenvalue weighted by Gasteiger charge is -2.29. The second-order valence-corrected chi connectivity index (χ2v) is 9.70. The van der Waals surface area contributed by atoms with Crippen LogP contribution >= 0.6 is 0 Å². The Morgan fingerprint density at radius 2 is 1.65 bits per heavy atom. The van der Waals surface area contributed by atoms with Crippen molar-refractivity contribution >= 4 is 33.3 Å². The van der Waals surface area contributed by atoms with Gasteiger partial charge in [0.1, 0.15) is 0 Å². The number of sulfonamides is 1. The fraction of sp³-hybridized carbons (Fsp3) is 0.273. The van der Waals surface area contributed by atoms with Gasteiger partial charge in [-0.2, -0.15) is 0 Å². The van der Waals surface area contributed by atoms with E-state index >= 15 is 0 Å². The molecule has 1 fully saturated rings. The number of rotatable bonds is 4. The fourth-order valence-electron chi connectivity index (χ4n) is 3.67. The molecule has 2 aromatic carbocycles. The Hall–Kier alpha value is -3.33. The maximum atomic E-state index is 13.2. The number of hydrogen-bond acceptors (Lipinski definition) is 7. The Morgan fingerprint density at radius 3 is 2.29 bits per heavy atom. The topological polar surface area (TPSA) is 102 Å². The lowest BCUT2D eigenvalue weighted by molar-refractivity contribution is -0.222. The van der Waals surface area contributed by atoms with E-state index in [1.165, 1.54) is 36.5 Å². The van der Waals surface area contributed by atoms with Crippen molar-refractivity contribution in [3.63, 3.8) is 0 Å². The summed E-state index contributed by atoms with van der Waals surface area (Å²) in [5, 5.41) is 2.80. The molecular formula is C22H22N2O6S. The number of anilines is 2. The standard InChI is InChI=1S/C22H22N2O6S/c1-14-12-15-6-4-5-7-19(15)24(14)31(27,28)17-10-8-16(9-11-17)23-13-18-20(25)29-22(2,3)30-21(18)26/h4-11,13-14,23H,12H2,1-3H3. The van der Waals surface area contributed by atoms with Gasteiger partial charge in [0.15, 0.2) is 5.57 Å². The number of para-hydroxylation sites is 1. The largest absolute Gasteiger partial charge is 0.419 e. The molecule has 0 amide bonds. The van der Waals surface area contributed by atoms with Gasteiger partial charge < -0.3 is 14.8 Å². The summed E-state index contributed by atoms with van der Waals surface area (Å²) >= 11 is 0. The van der Waals surface area contributed by atoms with Crippen LogP contribution in [-0.4, -0.2) is 32.2 Å². The molecule has 2 aliphatic rings. The van der Waals surface area contributed by atoms with Crippen LogP contribution in [0.4, 0.5) is 11.4 Å². The minimum Gasteiger partial charge on any atom is -0.419 e. The van der Waals surface area contributed by atoms with Crippen LogP contribution in [0.25, 0.3) is 0 Å². The van der Waals surface area contributed by atoms with E-state index in [4.69, 9.17) is 9.47 Å². The van der Waals surface area contributed by atoms with Gasteiger partial charge in [0.2, 0.25) is 0 Å². The molecule has 162 valence electrons. The third kappa shape index (κ3) is 3.88. The Labute approximate surface area is 180 Å². The van der Waals surface area contributed by atoms with E-state index in [0.29, 0.717) is 17.8 Å². The zero-order chi connectivity index (χ0) is 22.4. The maximum Gasteiger partial charge on any atom is 0.350 e. The smallest absolute Gasteiger partial charge is 0.350 e. The van der Waals surface area contributed by atoms with E-state index in [-0.39, 0.29) is 16.5 Å². The predicted molar refractivity (Wildman–Crippen MR) is 114 cm³/mol. The van der Waals surface area contributed by atoms with E-state index in [2.05, 4.69) is 5.32 Å². The van der Waals surface area contributed by atoms with Gasteiger partial charge in [-0.3, -0.25) is 4.31 Å². The molecule has 4 rings (SSSR count). The van der Waals surface area contributed by atoms with Gasteiger partial charge in [-0.05, 0) is 49.2 Å². The van der Waals surface area contributed by atoms with Crippen molar-refractivity contribution in [2.45, 2.75) is 43.9 Å². The zero-order valence-electron chi connectivity index (χ0n) is 17.3. The Balaban J connectivity index is 1.54. The summed E-state index contributed by atoms with van der Waals surface area (Å²) < 4.78 is 38.0. The van der Waals surface area contributed by atoms with Crippen molar-refractivity contribution in [3.8, 4) is 0 Å². The van der Waals surface area contributed by atoms with Crippen molar-refractivity contribution in [2.75, 3.05) is 9.62 Å². The molecule has 2 aliphatic heterocycles. The number of nitrogens with one attached hydrogen (secondary N) is 1. The first kappa shape index (κ1) is 20.9. The molecule has 0 radical (unpaired) electrons. The Kier molecular flexibility index (Phi) is 5.01. The van der Waals surface area contributed by atoms with Crippen molar-refractivity contribution < 1.29 is 27.5 Å². The maximum absolute atomic E-state index is 13.2. The third-order valence-electron chi connectivity index (χ3n) is 5.06. The minimum atomic E-state index is -3.74. The molecule has 8 nitrogen and oxygen atoms in total. The first-order valence-corrected chi connectivity index (χ1v) is 11.2. The molecule has 1 saturated heterocycles. The predicted octanol–water partition coefficient (Wildman–Crippen LogP) is 2.96. The average Bonchev–Trinajstić information content (AvgIpc) is 3.03. The second-order valence-electron chi connectivity index (χ2n) is 7.89. The van der Waals surface area contributed by atoms with Gasteiger partial charge in [-0.1, -0.05) is 18.2 Å². The number of carbonyl (C=O) groups excluding carboxylic acids is 2. The number of fused-ring (bicyclic) bond motifs is 1. The summed E-state index contributed by atoms with van der Waals surface area (Å²) in [6, 6.07) is 13.3. The van der Waals surface area contributed by atoms with Crippen molar-refractivity contribution in [3.05, 3.63) is 65.9 Å². The second kappa shape index (κ2) is 7.42. The number of hydrogen-bond donors (Lipinski definition) is 1. The monoisotopic (exact) mass is 442 g/mol. The highest BCUT2D eigenvalue weighted by atomic mass is 32.2. The van der Waals surface area contributed by atoms with Crippen LogP contribution < -0.4 is 9.62 Å². The van der Waals surface area contributed by atoms with E-state index in [1.54, 1.807) is 12.1 Å². The highest BCUT2D eigenvalue weighted by molar-refractivity contribution is 7.92. The van der Waals surface area contributed by atoms with E-state index in [9.17, 15) is 18.0 Å². The number of benzene rings is 2. The van der Waals surface area contributed by atoms with E-state index < -0.39 is 27.7 Å². The number of esters is 2. The van der Waals surface area contributed by atoms with Crippen molar-refractivity contribution in [1.82, 2.24) is 0 Å². The summed E-state index contributed by atoms with van der Waals surface area (Å²) in [6.45, 7) is 4.81. The summed E-state index contributed by atoms with van der Waals surface area (Å²) in [4.78, 5) is 24.1. The highest BCUT2D eigenvalue weighted by Crippen LogP contribution is 2.36. The molecule has 1 N–H and O–H groups in total. The Bertz CT molecular complexity index is 1160. The quantitative estimate of drug-likeness (QED) is 0.441. The molecule has 0 aliphatic carbocycles. The lowest BCUT2D eigenvalue weighted by Crippen LogP contribution is -2.42. The molecule has 0 bridgehead atoms. The lowest BCUT2D eigenvalue weighted by atomic mass is 10.1. The number of ether oxygens (including phenoxy) is 2. The van der Waals surface area contributed by atoms with E-state index in [1.807, 2.05) is 31.2 Å². The fourth-order valence-corrected chi connectivity index (χ4v) is 5.37. The molecule has 2 heterocycles. The molecule has 0 spiro atoms. The van der Waals surface area contributed by atoms with Gasteiger partial charge in [0.05, 0.1) is 10.6 Å². The van der Waals surface area contributed by atoms with Crippen LogP contribution in [0.1, 0.15) is 26.3 Å². The van der Waals surface area contributed by atoms with Crippen LogP contribution in [0.5, 0.6) is 0 Å². The summed E-state index contributed by atoms with van der Waals surface area (Å²) in [5.41, 5.74) is 1.90. The molecule has 1 unspecified atom stereocenters. The molecule has 0 aromatic heterocycles. The summed E-state index contributed by atoms with van der Waals surface area (Å²) in [7, 11) is -3.74. The van der Waals surface area contributed by atoms with E-state index in [0.717, 1.165) is 5.56 Å². The molecular weight excluding hydrogens is 420 g/mol. The van der Waals surface area contributed by atoms with Crippen molar-refractivity contribution in [1.29, 1.82) is 0 Å². The molecule has 1 atom stereocenters. The van der Waals surface area contributed by atoms with Crippen LogP contribution in [0.15, 0.2) is 65.2 Å². The van der Waals surface area contributed by atoms with Gasteiger partial charge in [0.25, 0.3) is 15.8 Å². The first-order chi connectivity index (χ1) is 14.6. The van der Waals surface area contributed by atoms with Crippen LogP contribution in [0.2, 0.25) is 0 Å². The average molecular weight is 442 g/mol. The Morgan fingerprint density at radius 1 is 1.03 bits per heavy atom. The van der Waals surface area contributed by atoms with Gasteiger partial charge in [0, 0.05) is 31.8 Å². The number of carbonyl (C=O) groups is 2. The van der Waals surface area contributed by atoms with Crippen LogP contribution in [-0.2, 0) is 35.5 Å². The zero-order valence-corrected chi connectivity index (χ0v) is 18.1. The highest BCUT2D eigenvalue weighted by Gasteiger charge is 2.39. The van der Waals surface area contributed by atoms with Crippen molar-refractivity contribution in [2.24, 2.45) is 0 Å². The number of nitrogens with zero attached hydrogens (tertiary/aromatic N) is 1. The SMILES string of the molecule is CC1Cc2ccccc2N1S(=O)(=O)c1ccc(NC=C2C(=O)OC(C)(C)OC2=O)cc1. The summed E-state index contributed by atoms with van der Waals surface area (Å²) in [5.74, 6) is -2.91. The molecule has 31 heavy (non-hydrogen) atoms. The molecule has 9 heteroatoms. The normalized spacial score (nSPS) is 20.0. The molecule has 2 aromatic rings. The first-order valence-electron chi connectivity index (χ1n) is 9.74. The minimum absolute atomic E-state index is 0.146. The van der Waals surface area contributed by atoms with Gasteiger partial charge in [-0.15, -0.1) is 0 Å². The van der Waals surface area contributed by atoms with Crippen LogP contribution in [0, 0.1) is 0 Å². The van der Waals surface area contributed by atoms with Crippen LogP contribution in [0.3, 0.4) is 0 Å². The third-order valence-corrected chi connectivity index (χ3v) is 7.00. The van der Waals surface area contributed by atoms with Gasteiger partial charge >= 0.3 is 11.9 Å². The molecule has 0 saturated carbocycles. The number of cyclic esters (lactones) is 2.